The third-order valence-electron chi connectivity index (χ3n) is 2.24. The van der Waals surface area contributed by atoms with Gasteiger partial charge in [0, 0.05) is 13.0 Å². The molecule has 0 radical (unpaired) electrons. The Morgan fingerprint density at radius 2 is 2.21 bits per heavy atom. The van der Waals surface area contributed by atoms with Crippen molar-refractivity contribution in [2.75, 3.05) is 6.54 Å². The van der Waals surface area contributed by atoms with E-state index >= 15 is 0 Å². The minimum atomic E-state index is -3.75. The highest BCUT2D eigenvalue weighted by Gasteiger charge is 2.15. The normalized spacial score (nSPS) is 11.7. The van der Waals surface area contributed by atoms with E-state index < -0.39 is 15.8 Å². The minimum Gasteiger partial charge on any atom is -0.340 e. The van der Waals surface area contributed by atoms with Crippen LogP contribution in [-0.4, -0.2) is 25.1 Å². The van der Waals surface area contributed by atoms with Crippen molar-refractivity contribution in [3.05, 3.63) is 40.7 Å². The molecule has 102 valence electrons. The molecule has 0 unspecified atom stereocenters. The van der Waals surface area contributed by atoms with Gasteiger partial charge in [0.15, 0.2) is 6.33 Å². The Hall–Kier alpha value is -1.32. The van der Waals surface area contributed by atoms with E-state index in [1.807, 2.05) is 0 Å². The zero-order valence-corrected chi connectivity index (χ0v) is 11.9. The van der Waals surface area contributed by atoms with E-state index in [0.717, 1.165) is 6.07 Å². The molecule has 0 saturated heterocycles. The first-order valence-corrected chi connectivity index (χ1v) is 7.47. The van der Waals surface area contributed by atoms with Crippen LogP contribution < -0.4 is 4.72 Å². The van der Waals surface area contributed by atoms with Crippen LogP contribution in [0.25, 0.3) is 0 Å². The zero-order valence-electron chi connectivity index (χ0n) is 9.51. The van der Waals surface area contributed by atoms with E-state index in [1.165, 1.54) is 18.5 Å². The highest BCUT2D eigenvalue weighted by Crippen LogP contribution is 2.19. The Morgan fingerprint density at radius 3 is 2.84 bits per heavy atom. The number of halogens is 2. The quantitative estimate of drug-likeness (QED) is 0.883. The second kappa shape index (κ2) is 5.76. The lowest BCUT2D eigenvalue weighted by molar-refractivity contribution is 0.377. The van der Waals surface area contributed by atoms with Crippen LogP contribution >= 0.6 is 15.9 Å². The zero-order chi connectivity index (χ0) is 13.9. The Morgan fingerprint density at radius 1 is 1.42 bits per heavy atom. The second-order valence-electron chi connectivity index (χ2n) is 3.56. The van der Waals surface area contributed by atoms with Crippen molar-refractivity contribution in [1.82, 2.24) is 14.9 Å². The number of aromatic nitrogens is 2. The molecule has 0 saturated carbocycles. The van der Waals surface area contributed by atoms with Crippen molar-refractivity contribution in [3.63, 3.8) is 0 Å². The smallest absolute Gasteiger partial charge is 0.240 e. The minimum absolute atomic E-state index is 0.0855. The summed E-state index contributed by atoms with van der Waals surface area (Å²) >= 11 is 2.96. The number of sulfonamides is 1. The van der Waals surface area contributed by atoms with Crippen molar-refractivity contribution in [1.29, 1.82) is 0 Å². The van der Waals surface area contributed by atoms with E-state index in [0.29, 0.717) is 5.89 Å². The number of rotatable bonds is 5. The Labute approximate surface area is 117 Å². The van der Waals surface area contributed by atoms with Crippen LogP contribution in [0.3, 0.4) is 0 Å². The summed E-state index contributed by atoms with van der Waals surface area (Å²) in [5.74, 6) is -0.315. The lowest BCUT2D eigenvalue weighted by atomic mass is 10.3. The van der Waals surface area contributed by atoms with Crippen LogP contribution in [0.2, 0.25) is 0 Å². The molecule has 6 nitrogen and oxygen atoms in total. The van der Waals surface area contributed by atoms with Gasteiger partial charge >= 0.3 is 0 Å². The molecule has 0 aliphatic carbocycles. The van der Waals surface area contributed by atoms with Gasteiger partial charge in [-0.1, -0.05) is 5.16 Å². The van der Waals surface area contributed by atoms with Gasteiger partial charge in [-0.05, 0) is 34.1 Å². The molecule has 0 aliphatic heterocycles. The molecule has 0 fully saturated rings. The van der Waals surface area contributed by atoms with Crippen molar-refractivity contribution >= 4 is 26.0 Å². The first kappa shape index (κ1) is 14.1. The second-order valence-corrected chi connectivity index (χ2v) is 6.18. The van der Waals surface area contributed by atoms with E-state index in [1.54, 1.807) is 0 Å². The summed E-state index contributed by atoms with van der Waals surface area (Å²) in [5.41, 5.74) is 0. The number of hydrogen-bond acceptors (Lipinski definition) is 5. The van der Waals surface area contributed by atoms with Crippen LogP contribution in [0.15, 0.2) is 38.4 Å². The topological polar surface area (TPSA) is 85.1 Å². The lowest BCUT2D eigenvalue weighted by Gasteiger charge is -2.06. The summed E-state index contributed by atoms with van der Waals surface area (Å²) in [6.45, 7) is 0.0855. The van der Waals surface area contributed by atoms with Gasteiger partial charge in [-0.3, -0.25) is 0 Å². The average molecular weight is 350 g/mol. The first-order chi connectivity index (χ1) is 8.99. The van der Waals surface area contributed by atoms with Crippen LogP contribution in [0.4, 0.5) is 4.39 Å². The van der Waals surface area contributed by atoms with Gasteiger partial charge in [-0.15, -0.1) is 0 Å². The SMILES string of the molecule is O=S(=O)(NCCc1ncno1)c1ccc(Br)c(F)c1. The molecular formula is C10H9BrFN3O3S. The van der Waals surface area contributed by atoms with Gasteiger partial charge in [0.05, 0.1) is 9.37 Å². The summed E-state index contributed by atoms with van der Waals surface area (Å²) in [5, 5.41) is 3.40. The third kappa shape index (κ3) is 3.58. The summed E-state index contributed by atoms with van der Waals surface area (Å²) in [7, 11) is -3.75. The number of benzene rings is 1. The van der Waals surface area contributed by atoms with E-state index in [2.05, 4.69) is 30.8 Å². The molecule has 1 aromatic carbocycles. The maximum atomic E-state index is 13.3. The first-order valence-electron chi connectivity index (χ1n) is 5.19. The molecule has 0 atom stereocenters. The Kier molecular flexibility index (Phi) is 4.27. The van der Waals surface area contributed by atoms with E-state index in [9.17, 15) is 12.8 Å². The summed E-state index contributed by atoms with van der Waals surface area (Å²) in [6, 6.07) is 3.59. The fourth-order valence-corrected chi connectivity index (χ4v) is 2.62. The number of hydrogen-bond donors (Lipinski definition) is 1. The highest BCUT2D eigenvalue weighted by atomic mass is 79.9. The molecule has 0 bridgehead atoms. The van der Waals surface area contributed by atoms with Crippen molar-refractivity contribution in [2.24, 2.45) is 0 Å². The Bertz CT molecular complexity index is 661. The highest BCUT2D eigenvalue weighted by molar-refractivity contribution is 9.10. The molecule has 2 aromatic rings. The standard InChI is InChI=1S/C10H9BrFN3O3S/c11-8-2-1-7(5-9(8)12)19(16,17)15-4-3-10-13-6-14-18-10/h1-2,5-6,15H,3-4H2. The van der Waals surface area contributed by atoms with Crippen LogP contribution in [0, 0.1) is 5.82 Å². The molecule has 9 heteroatoms. The summed E-state index contributed by atoms with van der Waals surface area (Å²) in [6.07, 6.45) is 1.49. The monoisotopic (exact) mass is 349 g/mol. The van der Waals surface area contributed by atoms with Crippen LogP contribution in [0.1, 0.15) is 5.89 Å². The van der Waals surface area contributed by atoms with Gasteiger partial charge in [0.2, 0.25) is 15.9 Å². The van der Waals surface area contributed by atoms with Gasteiger partial charge in [0.25, 0.3) is 0 Å². The van der Waals surface area contributed by atoms with E-state index in [4.69, 9.17) is 4.52 Å². The molecular weight excluding hydrogens is 341 g/mol. The molecule has 0 amide bonds. The molecule has 1 N–H and O–H groups in total. The van der Waals surface area contributed by atoms with Crippen molar-refractivity contribution in [2.45, 2.75) is 11.3 Å². The largest absolute Gasteiger partial charge is 0.340 e. The molecule has 1 heterocycles. The number of nitrogens with zero attached hydrogens (tertiary/aromatic N) is 2. The maximum Gasteiger partial charge on any atom is 0.240 e. The summed E-state index contributed by atoms with van der Waals surface area (Å²) < 4.78 is 44.3. The third-order valence-corrected chi connectivity index (χ3v) is 4.34. The predicted molar refractivity (Wildman–Crippen MR) is 67.3 cm³/mol. The number of nitrogens with one attached hydrogen (secondary N) is 1. The molecule has 0 spiro atoms. The fraction of sp³-hybridized carbons (Fsp3) is 0.200. The maximum absolute atomic E-state index is 13.3. The van der Waals surface area contributed by atoms with Crippen molar-refractivity contribution < 1.29 is 17.3 Å². The van der Waals surface area contributed by atoms with Crippen LogP contribution in [0.5, 0.6) is 0 Å². The van der Waals surface area contributed by atoms with Gasteiger partial charge in [-0.2, -0.15) is 4.98 Å². The lowest BCUT2D eigenvalue weighted by Crippen LogP contribution is -2.26. The van der Waals surface area contributed by atoms with Gasteiger partial charge < -0.3 is 4.52 Å². The van der Waals surface area contributed by atoms with Gasteiger partial charge in [0.1, 0.15) is 5.82 Å². The van der Waals surface area contributed by atoms with E-state index in [-0.39, 0.29) is 22.3 Å². The summed E-state index contributed by atoms with van der Waals surface area (Å²) in [4.78, 5) is 3.62. The fourth-order valence-electron chi connectivity index (χ4n) is 1.33. The molecule has 0 aliphatic rings. The van der Waals surface area contributed by atoms with Gasteiger partial charge in [-0.25, -0.2) is 17.5 Å². The van der Waals surface area contributed by atoms with Crippen molar-refractivity contribution in [3.8, 4) is 0 Å². The predicted octanol–water partition coefficient (Wildman–Crippen LogP) is 1.49. The van der Waals surface area contributed by atoms with Crippen LogP contribution in [-0.2, 0) is 16.4 Å². The average Bonchev–Trinajstić information content (AvgIpc) is 2.85. The molecule has 19 heavy (non-hydrogen) atoms. The molecule has 2 rings (SSSR count). The molecule has 1 aromatic heterocycles. The Balaban J connectivity index is 2.03.